The Labute approximate surface area is 131 Å². The van der Waals surface area contributed by atoms with Gasteiger partial charge in [-0.1, -0.05) is 24.6 Å². The summed E-state index contributed by atoms with van der Waals surface area (Å²) in [4.78, 5) is 5.32. The van der Waals surface area contributed by atoms with Crippen molar-refractivity contribution in [3.63, 3.8) is 0 Å². The number of halogens is 2. The Morgan fingerprint density at radius 3 is 2.89 bits per heavy atom. The highest BCUT2D eigenvalue weighted by Crippen LogP contribution is 2.29. The van der Waals surface area contributed by atoms with Gasteiger partial charge in [0.2, 0.25) is 0 Å². The van der Waals surface area contributed by atoms with Crippen molar-refractivity contribution in [2.75, 3.05) is 4.72 Å². The molecular formula is C14H14BrClN2S. The number of benzene rings is 1. The SMILES string of the molecule is CCc1cc(SNc2cc(Cl)cnc2Br)ccc1C. The van der Waals surface area contributed by atoms with Crippen LogP contribution in [0, 0.1) is 6.92 Å². The molecule has 100 valence electrons. The normalized spacial score (nSPS) is 10.5. The second-order valence-electron chi connectivity index (χ2n) is 4.14. The molecule has 1 heterocycles. The summed E-state index contributed by atoms with van der Waals surface area (Å²) in [5.74, 6) is 0. The van der Waals surface area contributed by atoms with Crippen molar-refractivity contribution in [3.8, 4) is 0 Å². The zero-order valence-electron chi connectivity index (χ0n) is 10.7. The van der Waals surface area contributed by atoms with E-state index < -0.39 is 0 Å². The van der Waals surface area contributed by atoms with Crippen LogP contribution in [0.2, 0.25) is 5.02 Å². The molecule has 0 spiro atoms. The fourth-order valence-corrected chi connectivity index (χ4v) is 3.03. The van der Waals surface area contributed by atoms with Gasteiger partial charge in [0.05, 0.1) is 10.7 Å². The average molecular weight is 358 g/mol. The first kappa shape index (κ1) is 14.7. The molecule has 0 saturated carbocycles. The number of nitrogens with one attached hydrogen (secondary N) is 1. The summed E-state index contributed by atoms with van der Waals surface area (Å²) < 4.78 is 4.02. The summed E-state index contributed by atoms with van der Waals surface area (Å²) in [6.07, 6.45) is 2.66. The Hall–Kier alpha value is -0.710. The molecule has 2 rings (SSSR count). The van der Waals surface area contributed by atoms with Gasteiger partial charge in [-0.2, -0.15) is 0 Å². The van der Waals surface area contributed by atoms with Crippen LogP contribution < -0.4 is 4.72 Å². The summed E-state index contributed by atoms with van der Waals surface area (Å²) in [5.41, 5.74) is 3.57. The van der Waals surface area contributed by atoms with E-state index in [0.717, 1.165) is 16.7 Å². The second kappa shape index (κ2) is 6.64. The van der Waals surface area contributed by atoms with Crippen LogP contribution in [0.3, 0.4) is 0 Å². The van der Waals surface area contributed by atoms with Gasteiger partial charge in [0.15, 0.2) is 0 Å². The minimum absolute atomic E-state index is 0.615. The van der Waals surface area contributed by atoms with E-state index in [2.05, 4.69) is 57.7 Å². The molecule has 0 radical (unpaired) electrons. The molecule has 0 bridgehead atoms. The molecule has 2 nitrogen and oxygen atoms in total. The predicted octanol–water partition coefficient (Wildman–Crippen LogP) is 5.49. The molecule has 0 aliphatic rings. The first-order valence-electron chi connectivity index (χ1n) is 5.93. The molecule has 0 fully saturated rings. The Morgan fingerprint density at radius 1 is 1.37 bits per heavy atom. The molecule has 0 aliphatic heterocycles. The molecule has 0 atom stereocenters. The average Bonchev–Trinajstić information content (AvgIpc) is 2.41. The largest absolute Gasteiger partial charge is 0.323 e. The maximum Gasteiger partial charge on any atom is 0.130 e. The smallest absolute Gasteiger partial charge is 0.130 e. The van der Waals surface area contributed by atoms with Crippen molar-refractivity contribution in [1.82, 2.24) is 4.98 Å². The van der Waals surface area contributed by atoms with Crippen LogP contribution in [0.1, 0.15) is 18.1 Å². The number of hydrogen-bond acceptors (Lipinski definition) is 3. The number of anilines is 1. The van der Waals surface area contributed by atoms with Gasteiger partial charge in [-0.25, -0.2) is 4.98 Å². The van der Waals surface area contributed by atoms with Gasteiger partial charge >= 0.3 is 0 Å². The van der Waals surface area contributed by atoms with Crippen molar-refractivity contribution in [2.24, 2.45) is 0 Å². The van der Waals surface area contributed by atoms with E-state index in [1.54, 1.807) is 18.1 Å². The van der Waals surface area contributed by atoms with Crippen molar-refractivity contribution < 1.29 is 0 Å². The van der Waals surface area contributed by atoms with Crippen LogP contribution in [0.25, 0.3) is 0 Å². The van der Waals surface area contributed by atoms with E-state index in [-0.39, 0.29) is 0 Å². The Morgan fingerprint density at radius 2 is 2.16 bits per heavy atom. The van der Waals surface area contributed by atoms with Crippen LogP contribution in [0.15, 0.2) is 40.0 Å². The topological polar surface area (TPSA) is 24.9 Å². The zero-order chi connectivity index (χ0) is 13.8. The minimum Gasteiger partial charge on any atom is -0.323 e. The van der Waals surface area contributed by atoms with Gasteiger partial charge in [-0.05, 0) is 70.5 Å². The molecule has 0 unspecified atom stereocenters. The lowest BCUT2D eigenvalue weighted by Gasteiger charge is -2.09. The van der Waals surface area contributed by atoms with E-state index in [1.807, 2.05) is 6.07 Å². The van der Waals surface area contributed by atoms with Gasteiger partial charge in [0.1, 0.15) is 4.60 Å². The number of aromatic nitrogens is 1. The summed E-state index contributed by atoms with van der Waals surface area (Å²) in [6, 6.07) is 8.31. The summed E-state index contributed by atoms with van der Waals surface area (Å²) >= 11 is 10.9. The number of aryl methyl sites for hydroxylation is 2. The highest BCUT2D eigenvalue weighted by Gasteiger charge is 2.04. The van der Waals surface area contributed by atoms with Crippen LogP contribution in [-0.4, -0.2) is 4.98 Å². The zero-order valence-corrected chi connectivity index (χ0v) is 13.9. The van der Waals surface area contributed by atoms with Crippen molar-refractivity contribution in [1.29, 1.82) is 0 Å². The monoisotopic (exact) mass is 356 g/mol. The van der Waals surface area contributed by atoms with E-state index >= 15 is 0 Å². The summed E-state index contributed by atoms with van der Waals surface area (Å²) in [7, 11) is 0. The number of nitrogens with zero attached hydrogens (tertiary/aromatic N) is 1. The highest BCUT2D eigenvalue weighted by molar-refractivity contribution is 9.10. The van der Waals surface area contributed by atoms with Crippen molar-refractivity contribution >= 4 is 45.2 Å². The molecule has 0 aliphatic carbocycles. The third-order valence-corrected chi connectivity index (χ3v) is 4.44. The lowest BCUT2D eigenvalue weighted by molar-refractivity contribution is 1.09. The van der Waals surface area contributed by atoms with Gasteiger partial charge in [-0.3, -0.25) is 0 Å². The van der Waals surface area contributed by atoms with Crippen molar-refractivity contribution in [3.05, 3.63) is 51.2 Å². The first-order valence-corrected chi connectivity index (χ1v) is 7.92. The molecule has 2 aromatic rings. The molecule has 0 saturated heterocycles. The van der Waals surface area contributed by atoms with Crippen LogP contribution in [0.5, 0.6) is 0 Å². The highest BCUT2D eigenvalue weighted by atomic mass is 79.9. The third kappa shape index (κ3) is 3.88. The van der Waals surface area contributed by atoms with Gasteiger partial charge in [0, 0.05) is 11.1 Å². The minimum atomic E-state index is 0.615. The lowest BCUT2D eigenvalue weighted by atomic mass is 10.1. The summed E-state index contributed by atoms with van der Waals surface area (Å²) in [6.45, 7) is 4.31. The summed E-state index contributed by atoms with van der Waals surface area (Å²) in [5, 5.41) is 0.615. The Balaban J connectivity index is 2.12. The van der Waals surface area contributed by atoms with Crippen LogP contribution >= 0.6 is 39.5 Å². The van der Waals surface area contributed by atoms with E-state index in [0.29, 0.717) is 5.02 Å². The third-order valence-electron chi connectivity index (χ3n) is 2.79. The number of pyridine rings is 1. The van der Waals surface area contributed by atoms with Crippen molar-refractivity contribution in [2.45, 2.75) is 25.2 Å². The number of hydrogen-bond donors (Lipinski definition) is 1. The quantitative estimate of drug-likeness (QED) is 0.578. The molecule has 19 heavy (non-hydrogen) atoms. The first-order chi connectivity index (χ1) is 9.10. The van der Waals surface area contributed by atoms with Crippen LogP contribution in [0.4, 0.5) is 5.69 Å². The predicted molar refractivity (Wildman–Crippen MR) is 87.0 cm³/mol. The Bertz CT molecular complexity index is 590. The number of rotatable bonds is 4. The van der Waals surface area contributed by atoms with E-state index in [1.165, 1.54) is 16.0 Å². The fraction of sp³-hybridized carbons (Fsp3) is 0.214. The van der Waals surface area contributed by atoms with Crippen LogP contribution in [-0.2, 0) is 6.42 Å². The second-order valence-corrected chi connectivity index (χ2v) is 6.21. The fourth-order valence-electron chi connectivity index (χ4n) is 1.70. The lowest BCUT2D eigenvalue weighted by Crippen LogP contribution is -1.92. The Kier molecular flexibility index (Phi) is 5.13. The molecule has 1 aromatic carbocycles. The van der Waals surface area contributed by atoms with Gasteiger partial charge in [-0.15, -0.1) is 0 Å². The van der Waals surface area contributed by atoms with Gasteiger partial charge < -0.3 is 4.72 Å². The molecule has 5 heteroatoms. The maximum absolute atomic E-state index is 5.93. The van der Waals surface area contributed by atoms with E-state index in [4.69, 9.17) is 11.6 Å². The van der Waals surface area contributed by atoms with E-state index in [9.17, 15) is 0 Å². The standard InChI is InChI=1S/C14H14BrClN2S/c1-3-10-6-12(5-4-9(10)2)19-18-13-7-11(16)8-17-14(13)15/h4-8,18H,3H2,1-2H3. The maximum atomic E-state index is 5.93. The molecule has 1 aromatic heterocycles. The molecular weight excluding hydrogens is 344 g/mol. The van der Waals surface area contributed by atoms with Gasteiger partial charge in [0.25, 0.3) is 0 Å². The molecule has 0 amide bonds. The molecule has 1 N–H and O–H groups in total.